The average Bonchev–Trinajstić information content (AvgIpc) is 3.42. The lowest BCUT2D eigenvalue weighted by Gasteiger charge is -2.20. The lowest BCUT2D eigenvalue weighted by Crippen LogP contribution is -2.32. The molecule has 0 aliphatic heterocycles. The highest BCUT2D eigenvalue weighted by Gasteiger charge is 2.26. The Hall–Kier alpha value is -3.06. The Labute approximate surface area is 186 Å². The highest BCUT2D eigenvalue weighted by Crippen LogP contribution is 2.40. The number of ether oxygens (including phenoxy) is 1. The molecule has 0 saturated heterocycles. The maximum absolute atomic E-state index is 12.7. The largest absolute Gasteiger partial charge is 0.462 e. The predicted molar refractivity (Wildman–Crippen MR) is 123 cm³/mol. The first-order valence-electron chi connectivity index (χ1n) is 10.7. The third-order valence-corrected chi connectivity index (χ3v) is 6.79. The summed E-state index contributed by atoms with van der Waals surface area (Å²) in [6.45, 7) is 4.13. The predicted octanol–water partition coefficient (Wildman–Crippen LogP) is 5.48. The molecule has 2 aromatic heterocycles. The molecule has 2 N–H and O–H groups in total. The maximum Gasteiger partial charge on any atom is 0.338 e. The minimum atomic E-state index is -0.369. The SMILES string of the molecule is CCOC(=O)c1ccc(NC(=O)N[C@@H](C)c2c(-n3cccc3)sc3c2CCCC3)cc1. The summed E-state index contributed by atoms with van der Waals surface area (Å²) >= 11 is 1.83. The first-order valence-corrected chi connectivity index (χ1v) is 11.5. The van der Waals surface area contributed by atoms with Crippen LogP contribution < -0.4 is 10.6 Å². The van der Waals surface area contributed by atoms with Gasteiger partial charge in [0, 0.05) is 28.5 Å². The number of hydrogen-bond donors (Lipinski definition) is 2. The molecule has 31 heavy (non-hydrogen) atoms. The molecule has 1 aliphatic carbocycles. The summed E-state index contributed by atoms with van der Waals surface area (Å²) in [5, 5.41) is 7.14. The van der Waals surface area contributed by atoms with Gasteiger partial charge in [0.1, 0.15) is 5.00 Å². The number of rotatable bonds is 6. The minimum Gasteiger partial charge on any atom is -0.462 e. The number of aryl methyl sites for hydroxylation is 1. The van der Waals surface area contributed by atoms with Crippen LogP contribution in [0.3, 0.4) is 0 Å². The molecule has 1 aromatic carbocycles. The van der Waals surface area contributed by atoms with Crippen molar-refractivity contribution in [1.29, 1.82) is 0 Å². The fourth-order valence-electron chi connectivity index (χ4n) is 4.02. The van der Waals surface area contributed by atoms with Crippen LogP contribution in [0.1, 0.15) is 59.1 Å². The lowest BCUT2D eigenvalue weighted by molar-refractivity contribution is 0.0526. The van der Waals surface area contributed by atoms with Crippen LogP contribution in [-0.2, 0) is 17.6 Å². The number of amides is 2. The molecular weight excluding hydrogens is 410 g/mol. The number of anilines is 1. The molecule has 0 saturated carbocycles. The van der Waals surface area contributed by atoms with Crippen LogP contribution in [-0.4, -0.2) is 23.2 Å². The van der Waals surface area contributed by atoms with E-state index >= 15 is 0 Å². The summed E-state index contributed by atoms with van der Waals surface area (Å²) in [6, 6.07) is 10.3. The van der Waals surface area contributed by atoms with Gasteiger partial charge in [0.2, 0.25) is 0 Å². The van der Waals surface area contributed by atoms with Gasteiger partial charge in [-0.25, -0.2) is 9.59 Å². The van der Waals surface area contributed by atoms with Crippen molar-refractivity contribution in [3.05, 3.63) is 70.4 Å². The molecule has 2 heterocycles. The second-order valence-electron chi connectivity index (χ2n) is 7.64. The molecule has 1 aliphatic rings. The number of carbonyl (C=O) groups is 2. The van der Waals surface area contributed by atoms with E-state index in [1.165, 1.54) is 33.8 Å². The monoisotopic (exact) mass is 437 g/mol. The number of thiophene rings is 1. The number of benzene rings is 1. The van der Waals surface area contributed by atoms with Crippen molar-refractivity contribution in [2.24, 2.45) is 0 Å². The molecule has 0 spiro atoms. The number of aromatic nitrogens is 1. The Bertz CT molecular complexity index is 1050. The van der Waals surface area contributed by atoms with E-state index in [2.05, 4.69) is 27.6 Å². The number of nitrogens with zero attached hydrogens (tertiary/aromatic N) is 1. The van der Waals surface area contributed by atoms with Crippen LogP contribution in [0.25, 0.3) is 5.00 Å². The minimum absolute atomic E-state index is 0.130. The molecule has 0 unspecified atom stereocenters. The van der Waals surface area contributed by atoms with Crippen LogP contribution >= 0.6 is 11.3 Å². The van der Waals surface area contributed by atoms with E-state index in [1.807, 2.05) is 30.4 Å². The van der Waals surface area contributed by atoms with E-state index in [0.717, 1.165) is 12.8 Å². The smallest absolute Gasteiger partial charge is 0.338 e. The molecule has 0 fully saturated rings. The van der Waals surface area contributed by atoms with Crippen LogP contribution in [0.4, 0.5) is 10.5 Å². The topological polar surface area (TPSA) is 72.4 Å². The zero-order valence-electron chi connectivity index (χ0n) is 17.8. The number of carbonyl (C=O) groups excluding carboxylic acids is 2. The summed E-state index contributed by atoms with van der Waals surface area (Å²) in [6.07, 6.45) is 8.69. The van der Waals surface area contributed by atoms with Crippen molar-refractivity contribution in [2.45, 2.75) is 45.6 Å². The van der Waals surface area contributed by atoms with E-state index in [9.17, 15) is 9.59 Å². The molecule has 4 rings (SSSR count). The van der Waals surface area contributed by atoms with E-state index < -0.39 is 0 Å². The quantitative estimate of drug-likeness (QED) is 0.502. The van der Waals surface area contributed by atoms with Crippen molar-refractivity contribution in [2.75, 3.05) is 11.9 Å². The van der Waals surface area contributed by atoms with Crippen LogP contribution in [0.15, 0.2) is 48.8 Å². The molecule has 1 atom stereocenters. The van der Waals surface area contributed by atoms with Gasteiger partial charge in [-0.15, -0.1) is 11.3 Å². The van der Waals surface area contributed by atoms with Crippen molar-refractivity contribution in [3.8, 4) is 5.00 Å². The molecular formula is C24H27N3O3S. The van der Waals surface area contributed by atoms with Gasteiger partial charge in [0.05, 0.1) is 18.2 Å². The van der Waals surface area contributed by atoms with E-state index in [4.69, 9.17) is 4.74 Å². The number of urea groups is 1. The molecule has 6 nitrogen and oxygen atoms in total. The summed E-state index contributed by atoms with van der Waals surface area (Å²) in [4.78, 5) is 25.9. The first-order chi connectivity index (χ1) is 15.1. The Morgan fingerprint density at radius 2 is 1.84 bits per heavy atom. The fourth-order valence-corrected chi connectivity index (χ4v) is 5.48. The molecule has 2 amide bonds. The zero-order chi connectivity index (χ0) is 21.8. The third-order valence-electron chi connectivity index (χ3n) is 5.47. The second-order valence-corrected chi connectivity index (χ2v) is 8.72. The van der Waals surface area contributed by atoms with E-state index in [0.29, 0.717) is 17.9 Å². The van der Waals surface area contributed by atoms with Crippen LogP contribution in [0, 0.1) is 0 Å². The Morgan fingerprint density at radius 3 is 2.55 bits per heavy atom. The highest BCUT2D eigenvalue weighted by atomic mass is 32.1. The van der Waals surface area contributed by atoms with E-state index in [-0.39, 0.29) is 18.0 Å². The number of hydrogen-bond acceptors (Lipinski definition) is 4. The van der Waals surface area contributed by atoms with Crippen LogP contribution in [0.2, 0.25) is 0 Å². The standard InChI is InChI=1S/C24H27N3O3S/c1-3-30-23(28)17-10-12-18(13-11-17)26-24(29)25-16(2)21-19-8-4-5-9-20(19)31-22(21)27-14-6-7-15-27/h6-7,10-16H,3-5,8-9H2,1-2H3,(H2,25,26,29)/t16-/m0/s1. The summed E-state index contributed by atoms with van der Waals surface area (Å²) in [7, 11) is 0. The average molecular weight is 438 g/mol. The van der Waals surface area contributed by atoms with Gasteiger partial charge in [0.15, 0.2) is 0 Å². The summed E-state index contributed by atoms with van der Waals surface area (Å²) in [5.41, 5.74) is 3.69. The van der Waals surface area contributed by atoms with Gasteiger partial charge < -0.3 is 19.9 Å². The zero-order valence-corrected chi connectivity index (χ0v) is 18.6. The molecule has 7 heteroatoms. The van der Waals surface area contributed by atoms with Crippen molar-refractivity contribution >= 4 is 29.0 Å². The Morgan fingerprint density at radius 1 is 1.13 bits per heavy atom. The highest BCUT2D eigenvalue weighted by molar-refractivity contribution is 7.15. The summed E-state index contributed by atoms with van der Waals surface area (Å²) < 4.78 is 7.13. The molecule has 162 valence electrons. The lowest BCUT2D eigenvalue weighted by atomic mass is 9.93. The third kappa shape index (κ3) is 4.66. The molecule has 0 radical (unpaired) electrons. The number of esters is 1. The van der Waals surface area contributed by atoms with Crippen molar-refractivity contribution < 1.29 is 14.3 Å². The van der Waals surface area contributed by atoms with Gasteiger partial charge in [-0.1, -0.05) is 0 Å². The fraction of sp³-hybridized carbons (Fsp3) is 0.333. The Kier molecular flexibility index (Phi) is 6.42. The van der Waals surface area contributed by atoms with Gasteiger partial charge in [0.25, 0.3) is 0 Å². The van der Waals surface area contributed by atoms with E-state index in [1.54, 1.807) is 31.2 Å². The van der Waals surface area contributed by atoms with Gasteiger partial charge in [-0.2, -0.15) is 0 Å². The number of nitrogens with one attached hydrogen (secondary N) is 2. The normalized spacial score (nSPS) is 13.9. The van der Waals surface area contributed by atoms with Gasteiger partial charge in [-0.3, -0.25) is 0 Å². The maximum atomic E-state index is 12.7. The summed E-state index contributed by atoms with van der Waals surface area (Å²) in [5.74, 6) is -0.369. The second kappa shape index (κ2) is 9.39. The van der Waals surface area contributed by atoms with Crippen LogP contribution in [0.5, 0.6) is 0 Å². The van der Waals surface area contributed by atoms with Gasteiger partial charge in [-0.05, 0) is 81.5 Å². The first kappa shape index (κ1) is 21.2. The van der Waals surface area contributed by atoms with Crippen molar-refractivity contribution in [3.63, 3.8) is 0 Å². The Balaban J connectivity index is 1.48. The molecule has 3 aromatic rings. The van der Waals surface area contributed by atoms with Crippen molar-refractivity contribution in [1.82, 2.24) is 9.88 Å². The number of fused-ring (bicyclic) bond motifs is 1. The molecule has 0 bridgehead atoms. The van der Waals surface area contributed by atoms with Gasteiger partial charge >= 0.3 is 12.0 Å².